The van der Waals surface area contributed by atoms with Crippen molar-refractivity contribution in [1.82, 2.24) is 0 Å². The molecule has 1 heteroatoms. The fraction of sp³-hybridized carbons (Fsp3) is 1.00. The Morgan fingerprint density at radius 1 is 1.50 bits per heavy atom. The van der Waals surface area contributed by atoms with Crippen molar-refractivity contribution in [1.29, 1.82) is 0 Å². The lowest BCUT2D eigenvalue weighted by molar-refractivity contribution is 0.559. The predicted molar refractivity (Wildman–Crippen MR) is 37.3 cm³/mol. The second-order valence-electron chi connectivity index (χ2n) is 3.25. The molecule has 1 saturated carbocycles. The van der Waals surface area contributed by atoms with E-state index in [0.717, 1.165) is 5.92 Å². The molecule has 0 N–H and O–H groups in total. The van der Waals surface area contributed by atoms with Gasteiger partial charge in [0, 0.05) is 4.87 Å². The molecule has 1 rings (SSSR count). The average molecular weight is 133 g/mol. The minimum atomic E-state index is 0.244. The van der Waals surface area contributed by atoms with Crippen molar-refractivity contribution in [3.8, 4) is 0 Å². The van der Waals surface area contributed by atoms with Crippen LogP contribution in [0.4, 0.5) is 0 Å². The summed E-state index contributed by atoms with van der Waals surface area (Å²) in [7, 11) is 0. The van der Waals surface area contributed by atoms with E-state index < -0.39 is 0 Å². The van der Waals surface area contributed by atoms with Crippen LogP contribution in [0.5, 0.6) is 0 Å². The van der Waals surface area contributed by atoms with Crippen molar-refractivity contribution >= 4 is 11.6 Å². The molecule has 1 aliphatic carbocycles. The minimum absolute atomic E-state index is 0.244. The molecule has 0 nitrogen and oxygen atoms in total. The normalized spacial score (nSPS) is 24.0. The summed E-state index contributed by atoms with van der Waals surface area (Å²) in [5.74, 6) is 0.773. The van der Waals surface area contributed by atoms with Crippen LogP contribution in [0.3, 0.4) is 0 Å². The van der Waals surface area contributed by atoms with Crippen LogP contribution >= 0.6 is 11.6 Å². The van der Waals surface area contributed by atoms with Crippen molar-refractivity contribution < 1.29 is 0 Å². The third-order valence-electron chi connectivity index (χ3n) is 1.57. The summed E-state index contributed by atoms with van der Waals surface area (Å²) in [4.78, 5) is 0.244. The Morgan fingerprint density at radius 3 is 2.12 bits per heavy atom. The number of hydrogen-bond donors (Lipinski definition) is 0. The van der Waals surface area contributed by atoms with E-state index in [-0.39, 0.29) is 4.87 Å². The molecule has 0 aliphatic heterocycles. The number of halogens is 1. The van der Waals surface area contributed by atoms with Crippen LogP contribution in [0.15, 0.2) is 0 Å². The van der Waals surface area contributed by atoms with Crippen molar-refractivity contribution in [3.05, 3.63) is 0 Å². The zero-order chi connectivity index (χ0) is 6.20. The fourth-order valence-corrected chi connectivity index (χ4v) is 1.47. The Kier molecular flexibility index (Phi) is 1.53. The summed E-state index contributed by atoms with van der Waals surface area (Å²) in [5.41, 5.74) is 0. The summed E-state index contributed by atoms with van der Waals surface area (Å²) in [6.45, 7) is 4.45. The van der Waals surface area contributed by atoms with Crippen molar-refractivity contribution in [2.45, 2.75) is 38.0 Å². The summed E-state index contributed by atoms with van der Waals surface area (Å²) in [6.07, 6.45) is 3.69. The van der Waals surface area contributed by atoms with E-state index in [0.29, 0.717) is 0 Å². The Bertz CT molecular complexity index is 82.4. The van der Waals surface area contributed by atoms with E-state index in [1.54, 1.807) is 0 Å². The van der Waals surface area contributed by atoms with Gasteiger partial charge < -0.3 is 0 Å². The first-order valence-electron chi connectivity index (χ1n) is 3.31. The molecule has 8 heavy (non-hydrogen) atoms. The zero-order valence-corrected chi connectivity index (χ0v) is 6.33. The zero-order valence-electron chi connectivity index (χ0n) is 5.58. The summed E-state index contributed by atoms with van der Waals surface area (Å²) >= 11 is 6.04. The largest absolute Gasteiger partial charge is 0.119 e. The maximum atomic E-state index is 6.04. The summed E-state index contributed by atoms with van der Waals surface area (Å²) in [6, 6.07) is 0. The lowest BCUT2D eigenvalue weighted by Crippen LogP contribution is -2.01. The van der Waals surface area contributed by atoms with Gasteiger partial charge in [-0.2, -0.15) is 0 Å². The highest BCUT2D eigenvalue weighted by Crippen LogP contribution is 2.47. The molecule has 0 saturated heterocycles. The Labute approximate surface area is 56.2 Å². The van der Waals surface area contributed by atoms with E-state index in [1.807, 2.05) is 0 Å². The van der Waals surface area contributed by atoms with Crippen molar-refractivity contribution in [3.63, 3.8) is 0 Å². The minimum Gasteiger partial charge on any atom is -0.119 e. The molecule has 0 atom stereocenters. The average Bonchev–Trinajstić information content (AvgIpc) is 2.17. The van der Waals surface area contributed by atoms with E-state index in [2.05, 4.69) is 13.8 Å². The molecule has 0 aromatic rings. The first-order valence-corrected chi connectivity index (χ1v) is 3.69. The number of alkyl halides is 1. The highest BCUT2D eigenvalue weighted by atomic mass is 35.5. The van der Waals surface area contributed by atoms with Crippen LogP contribution in [0.2, 0.25) is 0 Å². The second kappa shape index (κ2) is 1.91. The highest BCUT2D eigenvalue weighted by Gasteiger charge is 2.40. The van der Waals surface area contributed by atoms with Gasteiger partial charge >= 0.3 is 0 Å². The fourth-order valence-electron chi connectivity index (χ4n) is 1.07. The topological polar surface area (TPSA) is 0 Å². The number of rotatable bonds is 2. The van der Waals surface area contributed by atoms with Crippen LogP contribution in [0.25, 0.3) is 0 Å². The molecule has 0 aromatic heterocycles. The first kappa shape index (κ1) is 6.41. The van der Waals surface area contributed by atoms with Gasteiger partial charge in [0.1, 0.15) is 0 Å². The third kappa shape index (κ3) is 1.66. The molecule has 1 fully saturated rings. The quantitative estimate of drug-likeness (QED) is 0.507. The van der Waals surface area contributed by atoms with Crippen LogP contribution in [-0.4, -0.2) is 4.87 Å². The molecule has 0 aromatic carbocycles. The van der Waals surface area contributed by atoms with Crippen molar-refractivity contribution in [2.75, 3.05) is 0 Å². The first-order chi connectivity index (χ1) is 3.62. The summed E-state index contributed by atoms with van der Waals surface area (Å²) in [5, 5.41) is 0. The molecule has 0 heterocycles. The smallest absolute Gasteiger partial charge is 0.0450 e. The molecule has 0 amide bonds. The molecule has 0 spiro atoms. The van der Waals surface area contributed by atoms with Gasteiger partial charge in [0.25, 0.3) is 0 Å². The van der Waals surface area contributed by atoms with Gasteiger partial charge in [-0.05, 0) is 25.2 Å². The molecular weight excluding hydrogens is 120 g/mol. The SMILES string of the molecule is CC(C)CC1(Cl)CC1. The highest BCUT2D eigenvalue weighted by molar-refractivity contribution is 6.25. The van der Waals surface area contributed by atoms with E-state index in [9.17, 15) is 0 Å². The Morgan fingerprint density at radius 2 is 2.00 bits per heavy atom. The Hall–Kier alpha value is 0.290. The van der Waals surface area contributed by atoms with E-state index in [1.165, 1.54) is 19.3 Å². The molecule has 1 aliphatic rings. The predicted octanol–water partition coefficient (Wildman–Crippen LogP) is 2.80. The maximum Gasteiger partial charge on any atom is 0.0450 e. The van der Waals surface area contributed by atoms with Gasteiger partial charge in [-0.25, -0.2) is 0 Å². The van der Waals surface area contributed by atoms with Gasteiger partial charge in [-0.3, -0.25) is 0 Å². The van der Waals surface area contributed by atoms with Gasteiger partial charge in [0.2, 0.25) is 0 Å². The van der Waals surface area contributed by atoms with Gasteiger partial charge in [-0.1, -0.05) is 13.8 Å². The van der Waals surface area contributed by atoms with Gasteiger partial charge in [0.15, 0.2) is 0 Å². The standard InChI is InChI=1S/C7H13Cl/c1-6(2)5-7(8)3-4-7/h6H,3-5H2,1-2H3. The van der Waals surface area contributed by atoms with Gasteiger partial charge in [0.05, 0.1) is 0 Å². The Balaban J connectivity index is 2.19. The van der Waals surface area contributed by atoms with E-state index in [4.69, 9.17) is 11.6 Å². The molecule has 0 unspecified atom stereocenters. The molecule has 0 radical (unpaired) electrons. The third-order valence-corrected chi connectivity index (χ3v) is 2.10. The number of hydrogen-bond acceptors (Lipinski definition) is 0. The molecule has 48 valence electrons. The van der Waals surface area contributed by atoms with Crippen molar-refractivity contribution in [2.24, 2.45) is 5.92 Å². The lowest BCUT2D eigenvalue weighted by Gasteiger charge is -2.07. The van der Waals surface area contributed by atoms with E-state index >= 15 is 0 Å². The lowest BCUT2D eigenvalue weighted by atomic mass is 10.1. The summed E-state index contributed by atoms with van der Waals surface area (Å²) < 4.78 is 0. The van der Waals surface area contributed by atoms with Crippen LogP contribution in [-0.2, 0) is 0 Å². The molecular formula is C7H13Cl. The maximum absolute atomic E-state index is 6.04. The van der Waals surface area contributed by atoms with Gasteiger partial charge in [-0.15, -0.1) is 11.6 Å². The second-order valence-corrected chi connectivity index (χ2v) is 4.05. The van der Waals surface area contributed by atoms with Crippen LogP contribution in [0.1, 0.15) is 33.1 Å². The monoisotopic (exact) mass is 132 g/mol. The van der Waals surface area contributed by atoms with Crippen LogP contribution < -0.4 is 0 Å². The van der Waals surface area contributed by atoms with Crippen LogP contribution in [0, 0.1) is 5.92 Å². The molecule has 0 bridgehead atoms.